The number of aliphatic hydroxyl groups is 1. The number of halogens is 2. The Morgan fingerprint density at radius 1 is 1.35 bits per heavy atom. The summed E-state index contributed by atoms with van der Waals surface area (Å²) in [5.41, 5.74) is 0.218. The number of hydrogen-bond acceptors (Lipinski definition) is 3. The van der Waals surface area contributed by atoms with E-state index in [9.17, 15) is 5.11 Å². The van der Waals surface area contributed by atoms with Gasteiger partial charge in [0.2, 0.25) is 0 Å². The molecular formula is C15H21Cl2NO2. The van der Waals surface area contributed by atoms with E-state index in [4.69, 9.17) is 27.9 Å². The molecule has 2 rings (SSSR count). The molecule has 0 heterocycles. The van der Waals surface area contributed by atoms with E-state index in [2.05, 4.69) is 5.32 Å². The maximum Gasteiger partial charge on any atom is 0.142 e. The van der Waals surface area contributed by atoms with Crippen molar-refractivity contribution in [2.24, 2.45) is 0 Å². The van der Waals surface area contributed by atoms with E-state index in [0.29, 0.717) is 41.4 Å². The van der Waals surface area contributed by atoms with Crippen LogP contribution in [0.25, 0.3) is 0 Å². The van der Waals surface area contributed by atoms with Gasteiger partial charge in [-0.2, -0.15) is 0 Å². The number of ether oxygens (including phenoxy) is 1. The molecule has 1 aromatic rings. The fraction of sp³-hybridized carbons (Fsp3) is 0.600. The fourth-order valence-corrected chi connectivity index (χ4v) is 2.44. The van der Waals surface area contributed by atoms with Crippen molar-refractivity contribution >= 4 is 23.2 Å². The minimum atomic E-state index is -0.745. The third-order valence-corrected chi connectivity index (χ3v) is 3.70. The Bertz CT molecular complexity index is 468. The lowest BCUT2D eigenvalue weighted by atomic mass is 10.1. The quantitative estimate of drug-likeness (QED) is 0.804. The number of hydrogen-bond donors (Lipinski definition) is 2. The molecule has 20 heavy (non-hydrogen) atoms. The molecule has 0 aromatic heterocycles. The van der Waals surface area contributed by atoms with Crippen LogP contribution in [-0.2, 0) is 6.54 Å². The van der Waals surface area contributed by atoms with Gasteiger partial charge in [-0.1, -0.05) is 23.2 Å². The highest BCUT2D eigenvalue weighted by Gasteiger charge is 2.21. The second-order valence-corrected chi connectivity index (χ2v) is 6.79. The Morgan fingerprint density at radius 3 is 2.65 bits per heavy atom. The zero-order chi connectivity index (χ0) is 14.8. The summed E-state index contributed by atoms with van der Waals surface area (Å²) in [6.07, 6.45) is 2.99. The SMILES string of the molecule is CC(C)(O)CCOc1c(Cl)cc(Cl)cc1CNC1CC1. The molecular weight excluding hydrogens is 297 g/mol. The zero-order valence-corrected chi connectivity index (χ0v) is 13.4. The van der Waals surface area contributed by atoms with Crippen LogP contribution in [0, 0.1) is 0 Å². The van der Waals surface area contributed by atoms with E-state index in [1.54, 1.807) is 19.9 Å². The van der Waals surface area contributed by atoms with Crippen LogP contribution in [0.1, 0.15) is 38.7 Å². The third kappa shape index (κ3) is 5.13. The lowest BCUT2D eigenvalue weighted by Crippen LogP contribution is -2.22. The monoisotopic (exact) mass is 317 g/mol. The van der Waals surface area contributed by atoms with Gasteiger partial charge in [-0.3, -0.25) is 0 Å². The molecule has 1 aromatic carbocycles. The average molecular weight is 318 g/mol. The summed E-state index contributed by atoms with van der Waals surface area (Å²) in [6.45, 7) is 4.63. The van der Waals surface area contributed by atoms with Crippen LogP contribution in [0.5, 0.6) is 5.75 Å². The lowest BCUT2D eigenvalue weighted by molar-refractivity contribution is 0.0552. The van der Waals surface area contributed by atoms with E-state index in [1.807, 2.05) is 6.07 Å². The molecule has 5 heteroatoms. The highest BCUT2D eigenvalue weighted by molar-refractivity contribution is 6.35. The van der Waals surface area contributed by atoms with Crippen LogP contribution in [0.15, 0.2) is 12.1 Å². The van der Waals surface area contributed by atoms with E-state index >= 15 is 0 Å². The van der Waals surface area contributed by atoms with Gasteiger partial charge in [-0.05, 0) is 38.8 Å². The van der Waals surface area contributed by atoms with Crippen LogP contribution >= 0.6 is 23.2 Å². The number of rotatable bonds is 7. The minimum Gasteiger partial charge on any atom is -0.492 e. The van der Waals surface area contributed by atoms with Crippen LogP contribution in [-0.4, -0.2) is 23.4 Å². The Morgan fingerprint density at radius 2 is 2.05 bits per heavy atom. The van der Waals surface area contributed by atoms with Gasteiger partial charge >= 0.3 is 0 Å². The molecule has 1 fully saturated rings. The summed E-state index contributed by atoms with van der Waals surface area (Å²) in [6, 6.07) is 4.17. The van der Waals surface area contributed by atoms with Crippen molar-refractivity contribution in [1.82, 2.24) is 5.32 Å². The molecule has 1 aliphatic rings. The molecule has 3 nitrogen and oxygen atoms in total. The van der Waals surface area contributed by atoms with Crippen molar-refractivity contribution in [3.05, 3.63) is 27.7 Å². The summed E-state index contributed by atoms with van der Waals surface area (Å²) in [5, 5.41) is 14.3. The first-order valence-electron chi connectivity index (χ1n) is 6.91. The van der Waals surface area contributed by atoms with Crippen molar-refractivity contribution in [3.8, 4) is 5.75 Å². The normalized spacial score (nSPS) is 15.4. The van der Waals surface area contributed by atoms with Gasteiger partial charge in [0, 0.05) is 29.6 Å². The molecule has 1 aliphatic carbocycles. The molecule has 112 valence electrons. The lowest BCUT2D eigenvalue weighted by Gasteiger charge is -2.19. The maximum atomic E-state index is 9.72. The van der Waals surface area contributed by atoms with E-state index in [1.165, 1.54) is 12.8 Å². The van der Waals surface area contributed by atoms with Crippen molar-refractivity contribution in [2.45, 2.75) is 51.3 Å². The minimum absolute atomic E-state index is 0.418. The van der Waals surface area contributed by atoms with E-state index in [-0.39, 0.29) is 0 Å². The summed E-state index contributed by atoms with van der Waals surface area (Å²) in [4.78, 5) is 0. The van der Waals surface area contributed by atoms with Crippen molar-refractivity contribution < 1.29 is 9.84 Å². The third-order valence-electron chi connectivity index (χ3n) is 3.20. The van der Waals surface area contributed by atoms with Crippen LogP contribution in [0.3, 0.4) is 0 Å². The van der Waals surface area contributed by atoms with Crippen LogP contribution in [0.4, 0.5) is 0 Å². The topological polar surface area (TPSA) is 41.5 Å². The second-order valence-electron chi connectivity index (χ2n) is 5.94. The van der Waals surface area contributed by atoms with E-state index < -0.39 is 5.60 Å². The highest BCUT2D eigenvalue weighted by Crippen LogP contribution is 2.33. The summed E-state index contributed by atoms with van der Waals surface area (Å²) < 4.78 is 5.76. The van der Waals surface area contributed by atoms with Gasteiger partial charge in [0.15, 0.2) is 0 Å². The molecule has 0 bridgehead atoms. The molecule has 0 saturated heterocycles. The van der Waals surface area contributed by atoms with Gasteiger partial charge in [0.1, 0.15) is 5.75 Å². The van der Waals surface area contributed by atoms with Gasteiger partial charge in [-0.15, -0.1) is 0 Å². The molecule has 0 spiro atoms. The zero-order valence-electron chi connectivity index (χ0n) is 11.9. The fourth-order valence-electron chi connectivity index (χ4n) is 1.85. The average Bonchev–Trinajstić information content (AvgIpc) is 3.11. The van der Waals surface area contributed by atoms with E-state index in [0.717, 1.165) is 5.56 Å². The Hall–Kier alpha value is -0.480. The number of benzene rings is 1. The van der Waals surface area contributed by atoms with Gasteiger partial charge in [-0.25, -0.2) is 0 Å². The molecule has 0 radical (unpaired) electrons. The van der Waals surface area contributed by atoms with Crippen molar-refractivity contribution in [2.75, 3.05) is 6.61 Å². The Labute approximate surface area is 130 Å². The molecule has 1 saturated carbocycles. The number of nitrogens with one attached hydrogen (secondary N) is 1. The predicted molar refractivity (Wildman–Crippen MR) is 82.7 cm³/mol. The largest absolute Gasteiger partial charge is 0.492 e. The summed E-state index contributed by atoms with van der Waals surface area (Å²) in [7, 11) is 0. The van der Waals surface area contributed by atoms with Crippen molar-refractivity contribution in [3.63, 3.8) is 0 Å². The predicted octanol–water partition coefficient (Wildman–Crippen LogP) is 3.79. The molecule has 0 atom stereocenters. The van der Waals surface area contributed by atoms with Gasteiger partial charge in [0.05, 0.1) is 17.2 Å². The second kappa shape index (κ2) is 6.52. The standard InChI is InChI=1S/C15H21Cl2NO2/c1-15(2,19)5-6-20-14-10(9-18-12-3-4-12)7-11(16)8-13(14)17/h7-8,12,18-19H,3-6,9H2,1-2H3. The first-order chi connectivity index (χ1) is 9.35. The summed E-state index contributed by atoms with van der Waals surface area (Å²) in [5.74, 6) is 0.661. The highest BCUT2D eigenvalue weighted by atomic mass is 35.5. The molecule has 2 N–H and O–H groups in total. The Balaban J connectivity index is 2.03. The molecule has 0 unspecified atom stereocenters. The first kappa shape index (κ1) is 15.9. The Kier molecular flexibility index (Phi) is 5.19. The smallest absolute Gasteiger partial charge is 0.142 e. The van der Waals surface area contributed by atoms with Gasteiger partial charge < -0.3 is 15.2 Å². The summed E-state index contributed by atoms with van der Waals surface area (Å²) >= 11 is 12.3. The molecule has 0 aliphatic heterocycles. The molecule has 0 amide bonds. The van der Waals surface area contributed by atoms with Crippen molar-refractivity contribution in [1.29, 1.82) is 0 Å². The van der Waals surface area contributed by atoms with Crippen LogP contribution < -0.4 is 10.1 Å². The van der Waals surface area contributed by atoms with Gasteiger partial charge in [0.25, 0.3) is 0 Å². The first-order valence-corrected chi connectivity index (χ1v) is 7.67. The van der Waals surface area contributed by atoms with Crippen LogP contribution in [0.2, 0.25) is 10.0 Å². The maximum absolute atomic E-state index is 9.72.